The van der Waals surface area contributed by atoms with E-state index in [1.807, 2.05) is 45.0 Å². The van der Waals surface area contributed by atoms with Gasteiger partial charge in [-0.1, -0.05) is 29.8 Å². The predicted octanol–water partition coefficient (Wildman–Crippen LogP) is 5.24. The lowest BCUT2D eigenvalue weighted by atomic mass is 10.1. The number of hydrogen-bond donors (Lipinski definition) is 2. The van der Waals surface area contributed by atoms with Gasteiger partial charge in [0.2, 0.25) is 0 Å². The molecule has 0 aliphatic carbocycles. The first-order valence-electron chi connectivity index (χ1n) is 11.8. The van der Waals surface area contributed by atoms with Crippen molar-refractivity contribution in [2.75, 3.05) is 13.1 Å². The first kappa shape index (κ1) is 26.1. The van der Waals surface area contributed by atoms with Gasteiger partial charge in [0.1, 0.15) is 22.7 Å². The zero-order valence-electron chi connectivity index (χ0n) is 20.5. The second-order valence-electron chi connectivity index (χ2n) is 9.57. The molecule has 8 nitrogen and oxygen atoms in total. The van der Waals surface area contributed by atoms with E-state index in [9.17, 15) is 9.35 Å². The van der Waals surface area contributed by atoms with Crippen molar-refractivity contribution in [2.45, 2.75) is 50.2 Å². The quantitative estimate of drug-likeness (QED) is 0.337. The highest BCUT2D eigenvalue weighted by Gasteiger charge is 2.28. The predicted molar refractivity (Wildman–Crippen MR) is 144 cm³/mol. The van der Waals surface area contributed by atoms with Gasteiger partial charge in [0.25, 0.3) is 0 Å². The Morgan fingerprint density at radius 2 is 1.94 bits per heavy atom. The summed E-state index contributed by atoms with van der Waals surface area (Å²) in [5.41, 5.74) is 1.08. The summed E-state index contributed by atoms with van der Waals surface area (Å²) in [5.74, 6) is 0. The van der Waals surface area contributed by atoms with Gasteiger partial charge in [-0.25, -0.2) is 9.78 Å². The number of benzene rings is 1. The van der Waals surface area contributed by atoms with Gasteiger partial charge >= 0.3 is 6.09 Å². The molecule has 1 aliphatic rings. The zero-order valence-corrected chi connectivity index (χ0v) is 22.1. The molecule has 1 fully saturated rings. The van der Waals surface area contributed by atoms with Crippen LogP contribution in [0.3, 0.4) is 0 Å². The van der Waals surface area contributed by atoms with E-state index in [2.05, 4.69) is 10.3 Å². The number of aromatic nitrogens is 2. The number of piperidine rings is 1. The molecular weight excluding hydrogens is 498 g/mol. The Hall–Kier alpha value is -3.01. The number of nitrogens with one attached hydrogen (secondary N) is 2. The Kier molecular flexibility index (Phi) is 7.92. The van der Waals surface area contributed by atoms with Crippen molar-refractivity contribution in [3.05, 3.63) is 65.6 Å². The van der Waals surface area contributed by atoms with Crippen LogP contribution in [0.4, 0.5) is 4.79 Å². The lowest BCUT2D eigenvalue weighted by Gasteiger charge is -2.33. The van der Waals surface area contributed by atoms with Crippen molar-refractivity contribution in [2.24, 2.45) is 0 Å². The number of halogens is 1. The lowest BCUT2D eigenvalue weighted by molar-refractivity contribution is 0.0201. The smallest absolute Gasteiger partial charge is 0.410 e. The zero-order chi connectivity index (χ0) is 25.9. The van der Waals surface area contributed by atoms with Crippen LogP contribution in [0.1, 0.15) is 39.3 Å². The van der Waals surface area contributed by atoms with Crippen LogP contribution in [0.5, 0.6) is 0 Å². The van der Waals surface area contributed by atoms with Crippen molar-refractivity contribution in [1.29, 1.82) is 5.41 Å². The van der Waals surface area contributed by atoms with E-state index in [1.165, 1.54) is 6.21 Å². The molecular formula is C26H30ClN5O3S. The Balaban J connectivity index is 1.57. The van der Waals surface area contributed by atoms with E-state index >= 15 is 0 Å². The first-order valence-corrected chi connectivity index (χ1v) is 13.2. The Bertz CT molecular complexity index is 1260. The maximum absolute atomic E-state index is 13.6. The highest BCUT2D eigenvalue weighted by molar-refractivity contribution is 7.90. The van der Waals surface area contributed by atoms with Gasteiger partial charge in [-0.2, -0.15) is 0 Å². The summed E-state index contributed by atoms with van der Waals surface area (Å²) in [6.07, 6.45) is 5.76. The maximum atomic E-state index is 13.6. The molecule has 1 atom stereocenters. The van der Waals surface area contributed by atoms with Gasteiger partial charge in [0.05, 0.1) is 5.02 Å². The minimum Gasteiger partial charge on any atom is -0.587 e. The number of hydrogen-bond acceptors (Lipinski definition) is 6. The van der Waals surface area contributed by atoms with Crippen molar-refractivity contribution >= 4 is 51.9 Å². The van der Waals surface area contributed by atoms with E-state index in [0.717, 1.165) is 12.8 Å². The number of likely N-dealkylation sites (tertiary alicyclic amines) is 1. The molecule has 4 rings (SSSR count). The number of carbonyl (C=O) groups excluding carboxylic acids is 1. The molecule has 190 valence electrons. The van der Waals surface area contributed by atoms with Gasteiger partial charge in [0.15, 0.2) is 10.5 Å². The van der Waals surface area contributed by atoms with Crippen molar-refractivity contribution < 1.29 is 14.1 Å². The summed E-state index contributed by atoms with van der Waals surface area (Å²) < 4.78 is 20.7. The average Bonchev–Trinajstić information content (AvgIpc) is 3.24. The second kappa shape index (κ2) is 10.9. The normalized spacial score (nSPS) is 16.1. The number of carbonyl (C=O) groups is 1. The summed E-state index contributed by atoms with van der Waals surface area (Å²) in [7, 11) is 0. The van der Waals surface area contributed by atoms with Gasteiger partial charge in [-0.05, 0) is 57.9 Å². The third kappa shape index (κ3) is 5.86. The molecule has 1 amide bonds. The van der Waals surface area contributed by atoms with Gasteiger partial charge < -0.3 is 24.9 Å². The van der Waals surface area contributed by atoms with Crippen molar-refractivity contribution in [1.82, 2.24) is 19.2 Å². The second-order valence-corrected chi connectivity index (χ2v) is 11.3. The maximum Gasteiger partial charge on any atom is 0.410 e. The number of nitrogens with zero attached hydrogens (tertiary/aromatic N) is 3. The van der Waals surface area contributed by atoms with Crippen LogP contribution in [0.2, 0.25) is 5.02 Å². The molecule has 0 spiro atoms. The molecule has 0 radical (unpaired) electrons. The minimum absolute atomic E-state index is 0.123. The molecule has 2 N–H and O–H groups in total. The highest BCUT2D eigenvalue weighted by Crippen LogP contribution is 2.31. The van der Waals surface area contributed by atoms with Crippen LogP contribution < -0.4 is 5.32 Å². The van der Waals surface area contributed by atoms with Crippen LogP contribution in [0.25, 0.3) is 16.6 Å². The molecule has 1 aromatic carbocycles. The summed E-state index contributed by atoms with van der Waals surface area (Å²) >= 11 is 4.84. The largest absolute Gasteiger partial charge is 0.587 e. The number of rotatable bonds is 6. The lowest BCUT2D eigenvalue weighted by Crippen LogP contribution is -2.45. The fourth-order valence-corrected chi connectivity index (χ4v) is 5.44. The SMILES string of the molecule is CC(C)(C)OC(=O)N1CCC(N/C=C(\C=N)c2cc3c(Cl)ccnc3n2[S+]([O-])c2ccccc2)CC1. The third-order valence-corrected chi connectivity index (χ3v) is 7.50. The average molecular weight is 528 g/mol. The number of ether oxygens (including phenoxy) is 1. The number of pyridine rings is 1. The summed E-state index contributed by atoms with van der Waals surface area (Å²) in [6, 6.07) is 12.7. The van der Waals surface area contributed by atoms with E-state index < -0.39 is 17.0 Å². The molecule has 1 unspecified atom stereocenters. The van der Waals surface area contributed by atoms with Gasteiger partial charge in [0, 0.05) is 48.7 Å². The van der Waals surface area contributed by atoms with Crippen LogP contribution in [0.15, 0.2) is 59.8 Å². The molecule has 2 aromatic heterocycles. The number of allylic oxidation sites excluding steroid dienone is 1. The van der Waals surface area contributed by atoms with E-state index in [0.29, 0.717) is 45.3 Å². The first-order chi connectivity index (χ1) is 17.2. The standard InChI is InChI=1S/C26H30ClN5O3S/c1-26(2,3)35-25(33)31-13-10-19(11-14-31)30-17-18(16-28)23-15-21-22(27)9-12-29-24(21)32(23)36(34)20-7-5-4-6-8-20/h4-9,12,15-17,19,28,30H,10-11,13-14H2,1-3H3/b18-17+,28-16?. The Morgan fingerprint density at radius 1 is 1.25 bits per heavy atom. The third-order valence-electron chi connectivity index (χ3n) is 5.79. The van der Waals surface area contributed by atoms with Crippen molar-refractivity contribution in [3.8, 4) is 0 Å². The van der Waals surface area contributed by atoms with Crippen LogP contribution >= 0.6 is 11.6 Å². The fourth-order valence-electron chi connectivity index (χ4n) is 4.01. The van der Waals surface area contributed by atoms with E-state index in [4.69, 9.17) is 21.7 Å². The molecule has 3 aromatic rings. The molecule has 36 heavy (non-hydrogen) atoms. The Morgan fingerprint density at radius 3 is 2.58 bits per heavy atom. The minimum atomic E-state index is -1.59. The molecule has 0 bridgehead atoms. The Labute approximate surface area is 219 Å². The van der Waals surface area contributed by atoms with Gasteiger partial charge in [-0.15, -0.1) is 3.97 Å². The van der Waals surface area contributed by atoms with Crippen LogP contribution in [-0.2, 0) is 16.1 Å². The van der Waals surface area contributed by atoms with Crippen LogP contribution in [-0.4, -0.2) is 55.4 Å². The molecule has 1 aliphatic heterocycles. The van der Waals surface area contributed by atoms with E-state index in [1.54, 1.807) is 39.5 Å². The number of amides is 1. The molecule has 1 saturated heterocycles. The molecule has 10 heteroatoms. The van der Waals surface area contributed by atoms with E-state index in [-0.39, 0.29) is 12.1 Å². The molecule has 0 saturated carbocycles. The van der Waals surface area contributed by atoms with Crippen molar-refractivity contribution in [3.63, 3.8) is 0 Å². The monoisotopic (exact) mass is 527 g/mol. The molecule has 3 heterocycles. The van der Waals surface area contributed by atoms with Crippen LogP contribution in [0, 0.1) is 5.41 Å². The highest BCUT2D eigenvalue weighted by atomic mass is 35.5. The van der Waals surface area contributed by atoms with Gasteiger partial charge in [-0.3, -0.25) is 0 Å². The summed E-state index contributed by atoms with van der Waals surface area (Å²) in [4.78, 5) is 19.1. The number of fused-ring (bicyclic) bond motifs is 1. The topological polar surface area (TPSA) is 106 Å². The fraction of sp³-hybridized carbons (Fsp3) is 0.346. The summed E-state index contributed by atoms with van der Waals surface area (Å²) in [5, 5.41) is 12.6. The summed E-state index contributed by atoms with van der Waals surface area (Å²) in [6.45, 7) is 6.73.